The van der Waals surface area contributed by atoms with Crippen molar-refractivity contribution in [2.24, 2.45) is 11.8 Å². The molecule has 0 saturated heterocycles. The number of halogens is 1. The molecule has 0 unspecified atom stereocenters. The smallest absolute Gasteiger partial charge is 0.267 e. The molecule has 0 aromatic heterocycles. The van der Waals surface area contributed by atoms with Crippen LogP contribution in [-0.2, 0) is 0 Å². The maximum atomic E-state index is 11.7. The van der Waals surface area contributed by atoms with Crippen LogP contribution < -0.4 is 16.6 Å². The minimum atomic E-state index is -0.286. The van der Waals surface area contributed by atoms with E-state index in [4.69, 9.17) is 5.84 Å². The zero-order chi connectivity index (χ0) is 13.7. The molecule has 5 heteroatoms. The van der Waals surface area contributed by atoms with E-state index in [-0.39, 0.29) is 5.91 Å². The van der Waals surface area contributed by atoms with Crippen molar-refractivity contribution in [2.75, 3.05) is 11.9 Å². The van der Waals surface area contributed by atoms with Crippen LogP contribution >= 0.6 is 15.9 Å². The lowest BCUT2D eigenvalue weighted by Gasteiger charge is -2.15. The first-order chi connectivity index (χ1) is 8.45. The molecule has 0 aliphatic carbocycles. The molecular formula is C13H20BrN3O. The summed E-state index contributed by atoms with van der Waals surface area (Å²) in [7, 11) is 0. The van der Waals surface area contributed by atoms with Crippen molar-refractivity contribution in [3.05, 3.63) is 27.7 Å². The third kappa shape index (κ3) is 3.99. The van der Waals surface area contributed by atoms with Gasteiger partial charge >= 0.3 is 0 Å². The third-order valence-electron chi connectivity index (χ3n) is 2.70. The number of hydrazine groups is 1. The van der Waals surface area contributed by atoms with Crippen LogP contribution in [0.5, 0.6) is 0 Å². The van der Waals surface area contributed by atoms with Crippen LogP contribution in [0.25, 0.3) is 0 Å². The quantitative estimate of drug-likeness (QED) is 0.445. The highest BCUT2D eigenvalue weighted by Crippen LogP contribution is 2.26. The van der Waals surface area contributed by atoms with E-state index in [9.17, 15) is 4.79 Å². The monoisotopic (exact) mass is 313 g/mol. The summed E-state index contributed by atoms with van der Waals surface area (Å²) >= 11 is 3.39. The number of nitrogens with two attached hydrogens (primary N) is 1. The number of nitrogen functional groups attached to an aromatic ring is 1. The van der Waals surface area contributed by atoms with Crippen molar-refractivity contribution >= 4 is 27.5 Å². The van der Waals surface area contributed by atoms with Gasteiger partial charge in [0.1, 0.15) is 0 Å². The van der Waals surface area contributed by atoms with Crippen molar-refractivity contribution < 1.29 is 4.79 Å². The summed E-state index contributed by atoms with van der Waals surface area (Å²) < 4.78 is 0.869. The van der Waals surface area contributed by atoms with Gasteiger partial charge in [-0.25, -0.2) is 5.84 Å². The molecule has 1 aromatic rings. The number of aryl methyl sites for hydroxylation is 1. The molecule has 4 N–H and O–H groups in total. The molecular weight excluding hydrogens is 294 g/mol. The highest BCUT2D eigenvalue weighted by atomic mass is 79.9. The molecule has 0 bridgehead atoms. The number of rotatable bonds is 5. The summed E-state index contributed by atoms with van der Waals surface area (Å²) in [5.74, 6) is 5.55. The highest BCUT2D eigenvalue weighted by Gasteiger charge is 2.13. The molecule has 1 rings (SSSR count). The molecule has 0 atom stereocenters. The minimum Gasteiger partial charge on any atom is -0.384 e. The van der Waals surface area contributed by atoms with E-state index >= 15 is 0 Å². The maximum Gasteiger partial charge on any atom is 0.267 e. The van der Waals surface area contributed by atoms with Gasteiger partial charge in [0.2, 0.25) is 0 Å². The van der Waals surface area contributed by atoms with Crippen LogP contribution in [0.2, 0.25) is 0 Å². The van der Waals surface area contributed by atoms with E-state index in [1.165, 1.54) is 0 Å². The molecule has 4 nitrogen and oxygen atoms in total. The number of anilines is 1. The van der Waals surface area contributed by atoms with Crippen molar-refractivity contribution in [1.82, 2.24) is 5.43 Å². The van der Waals surface area contributed by atoms with Gasteiger partial charge in [0.25, 0.3) is 5.91 Å². The topological polar surface area (TPSA) is 67.2 Å². The number of carbonyl (C=O) groups is 1. The Morgan fingerprint density at radius 2 is 2.11 bits per heavy atom. The lowest BCUT2D eigenvalue weighted by molar-refractivity contribution is 0.0954. The summed E-state index contributed by atoms with van der Waals surface area (Å²) in [5.41, 5.74) is 4.61. The number of hydrogen-bond donors (Lipinski definition) is 3. The Balaban J connectivity index is 2.96. The summed E-state index contributed by atoms with van der Waals surface area (Å²) in [6, 6.07) is 3.75. The van der Waals surface area contributed by atoms with E-state index < -0.39 is 0 Å². The van der Waals surface area contributed by atoms with Gasteiger partial charge in [0.05, 0.1) is 11.3 Å². The second-order valence-corrected chi connectivity index (χ2v) is 5.64. The fourth-order valence-electron chi connectivity index (χ4n) is 1.72. The second kappa shape index (κ2) is 6.75. The summed E-state index contributed by atoms with van der Waals surface area (Å²) in [6.07, 6.45) is 1.05. The third-order valence-corrected chi connectivity index (χ3v) is 3.16. The van der Waals surface area contributed by atoms with E-state index in [0.717, 1.165) is 28.7 Å². The molecule has 0 aliphatic rings. The lowest BCUT2D eigenvalue weighted by Crippen LogP contribution is -2.31. The molecule has 0 spiro atoms. The second-order valence-electron chi connectivity index (χ2n) is 4.73. The maximum absolute atomic E-state index is 11.7. The Morgan fingerprint density at radius 1 is 1.44 bits per heavy atom. The Hall–Kier alpha value is -1.07. The minimum absolute atomic E-state index is 0.286. The molecule has 0 heterocycles. The van der Waals surface area contributed by atoms with Crippen LogP contribution in [0.1, 0.15) is 36.2 Å². The fraction of sp³-hybridized carbons (Fsp3) is 0.462. The first-order valence-electron chi connectivity index (χ1n) is 6.00. The van der Waals surface area contributed by atoms with Gasteiger partial charge in [-0.15, -0.1) is 0 Å². The first kappa shape index (κ1) is 15.0. The van der Waals surface area contributed by atoms with Crippen molar-refractivity contribution in [3.8, 4) is 0 Å². The van der Waals surface area contributed by atoms with Gasteiger partial charge in [-0.3, -0.25) is 10.2 Å². The molecule has 0 fully saturated rings. The van der Waals surface area contributed by atoms with E-state index in [2.05, 4.69) is 40.5 Å². The van der Waals surface area contributed by atoms with Crippen molar-refractivity contribution in [1.29, 1.82) is 0 Å². The normalized spacial score (nSPS) is 10.6. The van der Waals surface area contributed by atoms with Crippen molar-refractivity contribution in [2.45, 2.75) is 27.2 Å². The van der Waals surface area contributed by atoms with Gasteiger partial charge in [-0.05, 0) is 37.0 Å². The van der Waals surface area contributed by atoms with Crippen LogP contribution in [0.4, 0.5) is 5.69 Å². The zero-order valence-corrected chi connectivity index (χ0v) is 12.6. The number of benzene rings is 1. The summed E-state index contributed by atoms with van der Waals surface area (Å²) in [6.45, 7) is 7.15. The Bertz CT molecular complexity index is 432. The molecule has 1 aromatic carbocycles. The molecule has 18 heavy (non-hydrogen) atoms. The van der Waals surface area contributed by atoms with Crippen LogP contribution in [0.3, 0.4) is 0 Å². The molecule has 100 valence electrons. The zero-order valence-electron chi connectivity index (χ0n) is 11.0. The average molecular weight is 314 g/mol. The number of carbonyl (C=O) groups excluding carboxylic acids is 1. The Labute approximate surface area is 116 Å². The summed E-state index contributed by atoms with van der Waals surface area (Å²) in [5, 5.41) is 3.32. The standard InChI is InChI=1S/C13H20BrN3O/c1-8(2)4-5-16-12-9(3)6-10(14)7-11(12)13(18)17-15/h6-8,16H,4-5,15H2,1-3H3,(H,17,18). The molecule has 0 saturated carbocycles. The molecule has 1 amide bonds. The van der Waals surface area contributed by atoms with Gasteiger partial charge in [0.15, 0.2) is 0 Å². The van der Waals surface area contributed by atoms with E-state index in [1.54, 1.807) is 6.07 Å². The number of nitrogens with one attached hydrogen (secondary N) is 2. The van der Waals surface area contributed by atoms with Crippen molar-refractivity contribution in [3.63, 3.8) is 0 Å². The van der Waals surface area contributed by atoms with E-state index in [0.29, 0.717) is 11.5 Å². The van der Waals surface area contributed by atoms with E-state index in [1.807, 2.05) is 13.0 Å². The van der Waals surface area contributed by atoms with Gasteiger partial charge in [-0.1, -0.05) is 29.8 Å². The van der Waals surface area contributed by atoms with Crippen LogP contribution in [-0.4, -0.2) is 12.5 Å². The van der Waals surface area contributed by atoms with Gasteiger partial charge in [0, 0.05) is 11.0 Å². The highest BCUT2D eigenvalue weighted by molar-refractivity contribution is 9.10. The largest absolute Gasteiger partial charge is 0.384 e. The van der Waals surface area contributed by atoms with Crippen LogP contribution in [0, 0.1) is 12.8 Å². The Kier molecular flexibility index (Phi) is 5.62. The Morgan fingerprint density at radius 3 is 2.67 bits per heavy atom. The van der Waals surface area contributed by atoms with Gasteiger partial charge < -0.3 is 5.32 Å². The predicted molar refractivity (Wildman–Crippen MR) is 78.5 cm³/mol. The van der Waals surface area contributed by atoms with Crippen LogP contribution in [0.15, 0.2) is 16.6 Å². The van der Waals surface area contributed by atoms with Gasteiger partial charge in [-0.2, -0.15) is 0 Å². The number of hydrogen-bond acceptors (Lipinski definition) is 3. The fourth-order valence-corrected chi connectivity index (χ4v) is 2.29. The molecule has 0 aliphatic heterocycles. The summed E-state index contributed by atoms with van der Waals surface area (Å²) in [4.78, 5) is 11.7. The molecule has 0 radical (unpaired) electrons. The SMILES string of the molecule is Cc1cc(Br)cc(C(=O)NN)c1NCCC(C)C. The lowest BCUT2D eigenvalue weighted by atomic mass is 10.1. The first-order valence-corrected chi connectivity index (χ1v) is 6.80. The predicted octanol–water partition coefficient (Wildman–Crippen LogP) is 2.82. The average Bonchev–Trinajstić information content (AvgIpc) is 2.30. The number of amides is 1.